The molecule has 0 bridgehead atoms. The zero-order valence-corrected chi connectivity index (χ0v) is 10.1. The van der Waals surface area contributed by atoms with E-state index in [4.69, 9.17) is 10.5 Å². The summed E-state index contributed by atoms with van der Waals surface area (Å²) < 4.78 is 5.71. The van der Waals surface area contributed by atoms with Gasteiger partial charge >= 0.3 is 0 Å². The van der Waals surface area contributed by atoms with Gasteiger partial charge in [0.05, 0.1) is 24.1 Å². The Balaban J connectivity index is 2.19. The van der Waals surface area contributed by atoms with E-state index >= 15 is 0 Å². The van der Waals surface area contributed by atoms with Crippen LogP contribution in [0.3, 0.4) is 0 Å². The Morgan fingerprint density at radius 1 is 1.38 bits per heavy atom. The second-order valence-corrected chi connectivity index (χ2v) is 4.56. The van der Waals surface area contributed by atoms with Crippen molar-refractivity contribution in [3.05, 3.63) is 17.8 Å². The van der Waals surface area contributed by atoms with Gasteiger partial charge in [-0.15, -0.1) is 0 Å². The average Bonchev–Trinajstić information content (AvgIpc) is 2.20. The van der Waals surface area contributed by atoms with E-state index in [0.29, 0.717) is 5.82 Å². The van der Waals surface area contributed by atoms with Gasteiger partial charge in [0.25, 0.3) is 0 Å². The van der Waals surface area contributed by atoms with Crippen LogP contribution in [0.5, 0.6) is 0 Å². The van der Waals surface area contributed by atoms with Gasteiger partial charge < -0.3 is 15.4 Å². The predicted molar refractivity (Wildman–Crippen MR) is 65.6 cm³/mol. The number of anilines is 2. The van der Waals surface area contributed by atoms with E-state index in [9.17, 15) is 0 Å². The molecule has 0 aliphatic carbocycles. The summed E-state index contributed by atoms with van der Waals surface area (Å²) in [7, 11) is 0. The molecule has 1 aromatic rings. The van der Waals surface area contributed by atoms with E-state index in [0.717, 1.165) is 24.3 Å². The number of hydrogen-bond acceptors (Lipinski definition) is 4. The summed E-state index contributed by atoms with van der Waals surface area (Å²) >= 11 is 0. The van der Waals surface area contributed by atoms with Gasteiger partial charge in [0, 0.05) is 13.1 Å². The summed E-state index contributed by atoms with van der Waals surface area (Å²) in [4.78, 5) is 6.50. The predicted octanol–water partition coefficient (Wildman–Crippen LogP) is 1.59. The summed E-state index contributed by atoms with van der Waals surface area (Å²) in [6, 6.07) is 2.09. The number of morpholine rings is 1. The largest absolute Gasteiger partial charge is 0.383 e. The highest BCUT2D eigenvalue weighted by Crippen LogP contribution is 2.22. The van der Waals surface area contributed by atoms with Crippen LogP contribution in [0.4, 0.5) is 11.5 Å². The molecule has 0 amide bonds. The summed E-state index contributed by atoms with van der Waals surface area (Å²) in [6.07, 6.45) is 2.37. The van der Waals surface area contributed by atoms with Gasteiger partial charge in [-0.05, 0) is 32.4 Å². The van der Waals surface area contributed by atoms with Crippen molar-refractivity contribution in [2.75, 3.05) is 23.7 Å². The maximum atomic E-state index is 5.72. The van der Waals surface area contributed by atoms with Crippen LogP contribution in [-0.2, 0) is 4.74 Å². The SMILES string of the molecule is Cc1cc(N2CC(C)OC(C)C2)cnc1N. The topological polar surface area (TPSA) is 51.4 Å². The monoisotopic (exact) mass is 221 g/mol. The lowest BCUT2D eigenvalue weighted by molar-refractivity contribution is -0.00523. The van der Waals surface area contributed by atoms with Crippen LogP contribution in [0, 0.1) is 6.92 Å². The fourth-order valence-corrected chi connectivity index (χ4v) is 2.13. The first-order valence-corrected chi connectivity index (χ1v) is 5.69. The normalized spacial score (nSPS) is 25.8. The molecule has 0 saturated carbocycles. The van der Waals surface area contributed by atoms with Crippen molar-refractivity contribution in [1.82, 2.24) is 4.98 Å². The number of ether oxygens (including phenoxy) is 1. The minimum Gasteiger partial charge on any atom is -0.383 e. The molecule has 2 rings (SSSR count). The van der Waals surface area contributed by atoms with Crippen molar-refractivity contribution in [2.24, 2.45) is 0 Å². The van der Waals surface area contributed by atoms with Crippen LogP contribution < -0.4 is 10.6 Å². The molecule has 0 spiro atoms. The zero-order chi connectivity index (χ0) is 11.7. The Kier molecular flexibility index (Phi) is 3.01. The molecule has 16 heavy (non-hydrogen) atoms. The van der Waals surface area contributed by atoms with E-state index in [1.165, 1.54) is 0 Å². The van der Waals surface area contributed by atoms with Crippen molar-refractivity contribution in [1.29, 1.82) is 0 Å². The molecule has 1 aliphatic rings. The molecule has 88 valence electrons. The Morgan fingerprint density at radius 2 is 2.00 bits per heavy atom. The van der Waals surface area contributed by atoms with Gasteiger partial charge in [0.15, 0.2) is 0 Å². The molecule has 2 atom stereocenters. The molecule has 2 heterocycles. The highest BCUT2D eigenvalue weighted by Gasteiger charge is 2.22. The molecule has 4 heteroatoms. The van der Waals surface area contributed by atoms with Gasteiger partial charge in [-0.1, -0.05) is 0 Å². The fraction of sp³-hybridized carbons (Fsp3) is 0.583. The van der Waals surface area contributed by atoms with Gasteiger partial charge in [0.2, 0.25) is 0 Å². The molecule has 2 unspecified atom stereocenters. The van der Waals surface area contributed by atoms with Gasteiger partial charge in [-0.2, -0.15) is 0 Å². The average molecular weight is 221 g/mol. The number of nitrogen functional groups attached to an aromatic ring is 1. The minimum absolute atomic E-state index is 0.265. The van der Waals surface area contributed by atoms with E-state index < -0.39 is 0 Å². The van der Waals surface area contributed by atoms with Crippen LogP contribution in [0.1, 0.15) is 19.4 Å². The maximum absolute atomic E-state index is 5.72. The van der Waals surface area contributed by atoms with Gasteiger partial charge in [-0.3, -0.25) is 0 Å². The second kappa shape index (κ2) is 4.29. The van der Waals surface area contributed by atoms with Gasteiger partial charge in [-0.25, -0.2) is 4.98 Å². The number of aromatic nitrogens is 1. The van der Waals surface area contributed by atoms with Crippen LogP contribution in [0.25, 0.3) is 0 Å². The van der Waals surface area contributed by atoms with Crippen molar-refractivity contribution in [3.8, 4) is 0 Å². The van der Waals surface area contributed by atoms with Crippen molar-refractivity contribution in [2.45, 2.75) is 33.0 Å². The van der Waals surface area contributed by atoms with E-state index in [1.807, 2.05) is 13.1 Å². The van der Waals surface area contributed by atoms with E-state index in [-0.39, 0.29) is 12.2 Å². The van der Waals surface area contributed by atoms with Crippen molar-refractivity contribution < 1.29 is 4.74 Å². The Hall–Kier alpha value is -1.29. The molecule has 2 N–H and O–H groups in total. The standard InChI is InChI=1S/C12H19N3O/c1-8-4-11(5-14-12(8)13)15-6-9(2)16-10(3)7-15/h4-5,9-10H,6-7H2,1-3H3,(H2,13,14). The van der Waals surface area contributed by atoms with Crippen LogP contribution in [0.2, 0.25) is 0 Å². The zero-order valence-electron chi connectivity index (χ0n) is 10.1. The molecule has 1 saturated heterocycles. The first-order chi connectivity index (χ1) is 7.56. The van der Waals surface area contributed by atoms with Crippen LogP contribution in [0.15, 0.2) is 12.3 Å². The molecule has 0 aromatic carbocycles. The van der Waals surface area contributed by atoms with Crippen LogP contribution in [-0.4, -0.2) is 30.3 Å². The number of pyridine rings is 1. The third kappa shape index (κ3) is 2.27. The lowest BCUT2D eigenvalue weighted by Gasteiger charge is -2.36. The van der Waals surface area contributed by atoms with E-state index in [1.54, 1.807) is 0 Å². The summed E-state index contributed by atoms with van der Waals surface area (Å²) in [5, 5.41) is 0. The van der Waals surface area contributed by atoms with Crippen LogP contribution >= 0.6 is 0 Å². The molecule has 1 aromatic heterocycles. The summed E-state index contributed by atoms with van der Waals surface area (Å²) in [5.74, 6) is 0.609. The quantitative estimate of drug-likeness (QED) is 0.782. The smallest absolute Gasteiger partial charge is 0.126 e. The number of nitrogens with zero attached hydrogens (tertiary/aromatic N) is 2. The third-order valence-corrected chi connectivity index (χ3v) is 2.89. The molecule has 1 aliphatic heterocycles. The fourth-order valence-electron chi connectivity index (χ4n) is 2.13. The maximum Gasteiger partial charge on any atom is 0.126 e. The Labute approximate surface area is 96.4 Å². The molecule has 4 nitrogen and oxygen atoms in total. The highest BCUT2D eigenvalue weighted by molar-refractivity contribution is 5.53. The highest BCUT2D eigenvalue weighted by atomic mass is 16.5. The molecule has 0 radical (unpaired) electrons. The lowest BCUT2D eigenvalue weighted by atomic mass is 10.2. The summed E-state index contributed by atoms with van der Waals surface area (Å²) in [5.41, 5.74) is 7.88. The first-order valence-electron chi connectivity index (χ1n) is 5.69. The van der Waals surface area contributed by atoms with E-state index in [2.05, 4.69) is 29.8 Å². The minimum atomic E-state index is 0.265. The van der Waals surface area contributed by atoms with Gasteiger partial charge in [0.1, 0.15) is 5.82 Å². The van der Waals surface area contributed by atoms with Crippen molar-refractivity contribution >= 4 is 11.5 Å². The van der Waals surface area contributed by atoms with Crippen molar-refractivity contribution in [3.63, 3.8) is 0 Å². The number of nitrogens with two attached hydrogens (primary N) is 1. The summed E-state index contributed by atoms with van der Waals surface area (Å²) in [6.45, 7) is 8.00. The molecule has 1 fully saturated rings. The molecular weight excluding hydrogens is 202 g/mol. The number of hydrogen-bond donors (Lipinski definition) is 1. The Bertz CT molecular complexity index is 371. The first kappa shape index (κ1) is 11.2. The second-order valence-electron chi connectivity index (χ2n) is 4.56. The molecular formula is C12H19N3O. The third-order valence-electron chi connectivity index (χ3n) is 2.89. The number of rotatable bonds is 1. The Morgan fingerprint density at radius 3 is 2.56 bits per heavy atom. The lowest BCUT2D eigenvalue weighted by Crippen LogP contribution is -2.45. The number of aryl methyl sites for hydroxylation is 1.